The highest BCUT2D eigenvalue weighted by Gasteiger charge is 2.45. The zero-order chi connectivity index (χ0) is 37.1. The Hall–Kier alpha value is -5.82. The number of aromatic nitrogens is 3. The largest absolute Gasteiger partial charge is 0.416 e. The number of fused-ring (bicyclic) bond motifs is 1. The summed E-state index contributed by atoms with van der Waals surface area (Å²) in [6, 6.07) is 7.02. The number of halogens is 3. The lowest BCUT2D eigenvalue weighted by Crippen LogP contribution is -2.54. The number of carbonyl (C=O) groups is 5. The molecule has 7 rings (SSSR count). The first-order valence-electron chi connectivity index (χ1n) is 16.2. The van der Waals surface area contributed by atoms with Crippen molar-refractivity contribution < 1.29 is 37.1 Å². The molecule has 52 heavy (non-hydrogen) atoms. The average molecular weight is 730 g/mol. The molecular weight excluding hydrogens is 700 g/mol. The Morgan fingerprint density at radius 1 is 1.02 bits per heavy atom. The quantitative estimate of drug-likeness (QED) is 0.217. The Labute approximate surface area is 299 Å². The van der Waals surface area contributed by atoms with Crippen molar-refractivity contribution in [1.29, 1.82) is 0 Å². The van der Waals surface area contributed by atoms with Crippen LogP contribution in [0.25, 0.3) is 10.6 Å². The fourth-order valence-corrected chi connectivity index (χ4v) is 6.90. The van der Waals surface area contributed by atoms with Crippen molar-refractivity contribution in [2.24, 2.45) is 5.92 Å². The summed E-state index contributed by atoms with van der Waals surface area (Å²) in [6.07, 6.45) is -1.31. The maximum Gasteiger partial charge on any atom is 0.416 e. The van der Waals surface area contributed by atoms with E-state index in [4.69, 9.17) is 0 Å². The van der Waals surface area contributed by atoms with E-state index in [0.717, 1.165) is 34.1 Å². The number of nitrogens with zero attached hydrogens (tertiary/aromatic N) is 5. The number of hydrogen-bond donors (Lipinski definition) is 2. The number of nitrogens with one attached hydrogen (secondary N) is 2. The molecule has 0 radical (unpaired) electrons. The molecule has 266 valence electrons. The van der Waals surface area contributed by atoms with Gasteiger partial charge >= 0.3 is 6.18 Å². The number of benzene rings is 2. The van der Waals surface area contributed by atoms with Crippen LogP contribution in [-0.4, -0.2) is 68.3 Å². The van der Waals surface area contributed by atoms with Gasteiger partial charge in [-0.3, -0.25) is 38.9 Å². The van der Waals surface area contributed by atoms with Gasteiger partial charge < -0.3 is 10.2 Å². The molecule has 3 aliphatic heterocycles. The lowest BCUT2D eigenvalue weighted by molar-refractivity contribution is -0.138. The number of thiazole rings is 1. The Morgan fingerprint density at radius 3 is 2.46 bits per heavy atom. The van der Waals surface area contributed by atoms with Crippen LogP contribution in [0.3, 0.4) is 0 Å². The Kier molecular flexibility index (Phi) is 8.49. The van der Waals surface area contributed by atoms with Gasteiger partial charge in [-0.25, -0.2) is 4.98 Å². The zero-order valence-electron chi connectivity index (χ0n) is 28.0. The van der Waals surface area contributed by atoms with Crippen molar-refractivity contribution in [3.05, 3.63) is 82.1 Å². The van der Waals surface area contributed by atoms with Gasteiger partial charge in [-0.2, -0.15) is 18.3 Å². The van der Waals surface area contributed by atoms with E-state index in [1.807, 2.05) is 4.90 Å². The molecule has 12 nitrogen and oxygen atoms in total. The molecule has 2 saturated heterocycles. The number of anilines is 2. The fraction of sp³-hybridized carbons (Fsp3) is 0.306. The highest BCUT2D eigenvalue weighted by atomic mass is 32.1. The predicted octanol–water partition coefficient (Wildman–Crippen LogP) is 4.60. The standard InChI is InChI=1S/C36H30F3N7O5S/c1-19-21(18-45(43-19)35(2,3)34(51)41-27-9-6-22(36(37,38)39)14-26(27)31-40-12-13-52-31)5-4-20-16-44(17-20)23-7-8-24-25(15-23)33(50)46(32(24)49)28-10-11-29(47)42-30(28)48/h6-9,12-15,18,20,28H,10-11,16-17H2,1-3H3,(H,41,51)(H,42,47,48). The van der Waals surface area contributed by atoms with Crippen molar-refractivity contribution in [3.63, 3.8) is 0 Å². The van der Waals surface area contributed by atoms with Crippen molar-refractivity contribution >= 4 is 52.2 Å². The van der Waals surface area contributed by atoms with Gasteiger partial charge in [-0.15, -0.1) is 11.3 Å². The highest BCUT2D eigenvalue weighted by Crippen LogP contribution is 2.38. The molecule has 4 aromatic rings. The lowest BCUT2D eigenvalue weighted by atomic mass is 9.98. The van der Waals surface area contributed by atoms with Crippen LogP contribution in [0.4, 0.5) is 24.5 Å². The minimum atomic E-state index is -4.57. The average Bonchev–Trinajstić information content (AvgIpc) is 3.80. The third kappa shape index (κ3) is 6.21. The molecule has 2 aromatic heterocycles. The molecule has 16 heteroatoms. The first kappa shape index (κ1) is 34.6. The summed E-state index contributed by atoms with van der Waals surface area (Å²) < 4.78 is 41.9. The van der Waals surface area contributed by atoms with Gasteiger partial charge in [-0.05, 0) is 63.6 Å². The van der Waals surface area contributed by atoms with E-state index in [2.05, 4.69) is 32.6 Å². The number of aryl methyl sites for hydroxylation is 1. The first-order chi connectivity index (χ1) is 24.6. The number of hydrogen-bond acceptors (Lipinski definition) is 9. The van der Waals surface area contributed by atoms with Crippen LogP contribution in [0.2, 0.25) is 0 Å². The van der Waals surface area contributed by atoms with Crippen LogP contribution < -0.4 is 15.5 Å². The number of alkyl halides is 3. The molecule has 2 fully saturated rings. The van der Waals surface area contributed by atoms with Crippen LogP contribution in [0.5, 0.6) is 0 Å². The molecule has 0 saturated carbocycles. The monoisotopic (exact) mass is 729 g/mol. The second kappa shape index (κ2) is 12.7. The summed E-state index contributed by atoms with van der Waals surface area (Å²) in [6.45, 7) is 6.16. The topological polar surface area (TPSA) is 147 Å². The molecule has 1 unspecified atom stereocenters. The Balaban J connectivity index is 1.01. The molecule has 3 aliphatic rings. The molecule has 0 bridgehead atoms. The van der Waals surface area contributed by atoms with Crippen LogP contribution in [-0.2, 0) is 26.1 Å². The minimum Gasteiger partial charge on any atom is -0.369 e. The van der Waals surface area contributed by atoms with E-state index in [0.29, 0.717) is 29.4 Å². The molecule has 0 aliphatic carbocycles. The number of rotatable bonds is 6. The van der Waals surface area contributed by atoms with E-state index in [1.165, 1.54) is 16.9 Å². The number of amides is 5. The van der Waals surface area contributed by atoms with Crippen molar-refractivity contribution in [2.75, 3.05) is 23.3 Å². The van der Waals surface area contributed by atoms with Gasteiger partial charge in [-0.1, -0.05) is 11.8 Å². The maximum absolute atomic E-state index is 13.6. The van der Waals surface area contributed by atoms with E-state index in [-0.39, 0.29) is 41.1 Å². The molecule has 5 amide bonds. The van der Waals surface area contributed by atoms with Gasteiger partial charge in [0.2, 0.25) is 11.8 Å². The fourth-order valence-electron chi connectivity index (χ4n) is 6.23. The summed E-state index contributed by atoms with van der Waals surface area (Å²) in [5.41, 5.74) is 0.566. The van der Waals surface area contributed by atoms with E-state index in [9.17, 15) is 37.1 Å². The van der Waals surface area contributed by atoms with Gasteiger partial charge in [0, 0.05) is 48.5 Å². The number of piperidine rings is 1. The van der Waals surface area contributed by atoms with Crippen molar-refractivity contribution in [3.8, 4) is 22.4 Å². The maximum atomic E-state index is 13.6. The molecule has 2 N–H and O–H groups in total. The highest BCUT2D eigenvalue weighted by molar-refractivity contribution is 7.13. The van der Waals surface area contributed by atoms with Gasteiger partial charge in [0.1, 0.15) is 16.6 Å². The number of imide groups is 2. The van der Waals surface area contributed by atoms with Crippen LogP contribution in [0.15, 0.2) is 54.2 Å². The third-order valence-electron chi connectivity index (χ3n) is 9.37. The van der Waals surface area contributed by atoms with Gasteiger partial charge in [0.25, 0.3) is 17.7 Å². The Morgan fingerprint density at radius 2 is 1.77 bits per heavy atom. The zero-order valence-corrected chi connectivity index (χ0v) is 28.8. The molecule has 5 heterocycles. The van der Waals surface area contributed by atoms with Crippen LogP contribution >= 0.6 is 11.3 Å². The Bertz CT molecular complexity index is 2230. The summed E-state index contributed by atoms with van der Waals surface area (Å²) in [4.78, 5) is 70.8. The van der Waals surface area contributed by atoms with Crippen LogP contribution in [0, 0.1) is 24.7 Å². The smallest absolute Gasteiger partial charge is 0.369 e. The van der Waals surface area contributed by atoms with Crippen LogP contribution in [0.1, 0.15) is 64.2 Å². The van der Waals surface area contributed by atoms with E-state index < -0.39 is 52.9 Å². The van der Waals surface area contributed by atoms with E-state index in [1.54, 1.807) is 50.5 Å². The number of carbonyl (C=O) groups excluding carboxylic acids is 5. The molecule has 2 aromatic carbocycles. The third-order valence-corrected chi connectivity index (χ3v) is 10.2. The SMILES string of the molecule is Cc1nn(C(C)(C)C(=O)Nc2ccc(C(F)(F)F)cc2-c2nccs2)cc1C#CC1CN(c2ccc3c(c2)C(=O)N(C2CCC(=O)NC2=O)C3=O)C1. The summed E-state index contributed by atoms with van der Waals surface area (Å²) >= 11 is 1.15. The van der Waals surface area contributed by atoms with E-state index >= 15 is 0 Å². The summed E-state index contributed by atoms with van der Waals surface area (Å²) in [5.74, 6) is 3.62. The van der Waals surface area contributed by atoms with Crippen molar-refractivity contribution in [2.45, 2.75) is 51.4 Å². The van der Waals surface area contributed by atoms with Crippen molar-refractivity contribution in [1.82, 2.24) is 25.0 Å². The predicted molar refractivity (Wildman–Crippen MR) is 183 cm³/mol. The molecule has 1 atom stereocenters. The first-order valence-corrected chi connectivity index (χ1v) is 17.1. The van der Waals surface area contributed by atoms with Gasteiger partial charge in [0.05, 0.1) is 39.6 Å². The lowest BCUT2D eigenvalue weighted by Gasteiger charge is -2.38. The normalized spacial score (nSPS) is 17.8. The second-order valence-corrected chi connectivity index (χ2v) is 14.1. The molecule has 0 spiro atoms. The van der Waals surface area contributed by atoms with Gasteiger partial charge in [0.15, 0.2) is 0 Å². The summed E-state index contributed by atoms with van der Waals surface area (Å²) in [5, 5.41) is 11.4. The second-order valence-electron chi connectivity index (χ2n) is 13.2. The summed E-state index contributed by atoms with van der Waals surface area (Å²) in [7, 11) is 0. The molecular formula is C36H30F3N7O5S. The minimum absolute atomic E-state index is 0.0198.